The van der Waals surface area contributed by atoms with Crippen molar-refractivity contribution in [3.63, 3.8) is 0 Å². The van der Waals surface area contributed by atoms with E-state index >= 15 is 0 Å². The number of hydrogen-bond acceptors (Lipinski definition) is 6. The van der Waals surface area contributed by atoms with Crippen LogP contribution in [0.3, 0.4) is 0 Å². The first-order valence-corrected chi connectivity index (χ1v) is 11.4. The van der Waals surface area contributed by atoms with E-state index in [0.29, 0.717) is 16.9 Å². The zero-order chi connectivity index (χ0) is 21.2. The maximum atomic E-state index is 12.6. The van der Waals surface area contributed by atoms with Crippen LogP contribution in [0.2, 0.25) is 0 Å². The molecule has 2 N–H and O–H groups in total. The molecule has 0 spiro atoms. The van der Waals surface area contributed by atoms with Crippen LogP contribution in [0.15, 0.2) is 52.3 Å². The molecule has 0 aromatic heterocycles. The number of Topliss-reactive ketones (excluding diaryl/α,β-unsaturated/α-hetero) is 1. The average molecular weight is 433 g/mol. The predicted octanol–water partition coefficient (Wildman–Crippen LogP) is 3.12. The lowest BCUT2D eigenvalue weighted by Crippen LogP contribution is -2.26. The van der Waals surface area contributed by atoms with Crippen molar-refractivity contribution in [2.24, 2.45) is 0 Å². The molecule has 2 aromatic carbocycles. The third kappa shape index (κ3) is 5.04. The first kappa shape index (κ1) is 21.1. The Labute approximate surface area is 173 Å². The molecule has 2 amide bonds. The van der Waals surface area contributed by atoms with Crippen molar-refractivity contribution in [1.82, 2.24) is 0 Å². The monoisotopic (exact) mass is 432 g/mol. The maximum Gasteiger partial charge on any atom is 0.237 e. The quantitative estimate of drug-likeness (QED) is 0.679. The van der Waals surface area contributed by atoms with Gasteiger partial charge in [-0.1, -0.05) is 0 Å². The molecule has 0 fully saturated rings. The molecule has 9 heteroatoms. The van der Waals surface area contributed by atoms with Gasteiger partial charge in [0.15, 0.2) is 15.6 Å². The molecule has 0 saturated heterocycles. The van der Waals surface area contributed by atoms with E-state index in [1.165, 1.54) is 30.8 Å². The van der Waals surface area contributed by atoms with Gasteiger partial charge in [0.25, 0.3) is 0 Å². The summed E-state index contributed by atoms with van der Waals surface area (Å²) in [6.07, 6.45) is -0.216. The summed E-state index contributed by atoms with van der Waals surface area (Å²) >= 11 is 1.37. The number of thioether (sulfide) groups is 1. The van der Waals surface area contributed by atoms with Crippen LogP contribution < -0.4 is 10.6 Å². The standard InChI is InChI=1S/C20H20N2O5S2/c1-12(23)14-3-5-15(6-4-14)21-19(24)9-10-29(26,27)16-7-8-18-17(11-16)22-20(25)13(2)28-18/h3-8,11,13H,9-10H2,1-2H3,(H,21,24)(H,22,25)/t13-/m1/s1. The summed E-state index contributed by atoms with van der Waals surface area (Å²) < 4.78 is 25.2. The number of nitrogens with one attached hydrogen (secondary N) is 2. The molecule has 0 aliphatic carbocycles. The van der Waals surface area contributed by atoms with Gasteiger partial charge >= 0.3 is 0 Å². The van der Waals surface area contributed by atoms with E-state index in [9.17, 15) is 22.8 Å². The first-order chi connectivity index (χ1) is 13.7. The van der Waals surface area contributed by atoms with Gasteiger partial charge in [0, 0.05) is 22.6 Å². The fourth-order valence-corrected chi connectivity index (χ4v) is 4.93. The number of carbonyl (C=O) groups is 3. The Kier molecular flexibility index (Phi) is 6.09. The average Bonchev–Trinajstić information content (AvgIpc) is 2.67. The Bertz CT molecular complexity index is 1080. The third-order valence-electron chi connectivity index (χ3n) is 4.41. The number of rotatable bonds is 6. The Morgan fingerprint density at radius 3 is 2.48 bits per heavy atom. The van der Waals surface area contributed by atoms with Crippen molar-refractivity contribution in [1.29, 1.82) is 0 Å². The molecule has 7 nitrogen and oxygen atoms in total. The first-order valence-electron chi connectivity index (χ1n) is 8.91. The summed E-state index contributed by atoms with van der Waals surface area (Å²) in [7, 11) is -3.70. The fraction of sp³-hybridized carbons (Fsp3) is 0.250. The number of fused-ring (bicyclic) bond motifs is 1. The lowest BCUT2D eigenvalue weighted by molar-refractivity contribution is -0.116. The number of amides is 2. The van der Waals surface area contributed by atoms with Crippen molar-refractivity contribution < 1.29 is 22.8 Å². The van der Waals surface area contributed by atoms with Gasteiger partial charge in [-0.3, -0.25) is 14.4 Å². The molecule has 0 unspecified atom stereocenters. The normalized spacial score (nSPS) is 15.9. The molecular weight excluding hydrogens is 412 g/mol. The number of benzene rings is 2. The molecule has 0 radical (unpaired) electrons. The summed E-state index contributed by atoms with van der Waals surface area (Å²) in [6.45, 7) is 3.23. The van der Waals surface area contributed by atoms with Crippen molar-refractivity contribution in [2.45, 2.75) is 35.3 Å². The Balaban J connectivity index is 1.64. The highest BCUT2D eigenvalue weighted by Crippen LogP contribution is 2.36. The van der Waals surface area contributed by atoms with E-state index in [2.05, 4.69) is 10.6 Å². The summed E-state index contributed by atoms with van der Waals surface area (Å²) in [4.78, 5) is 36.1. The maximum absolute atomic E-state index is 12.6. The van der Waals surface area contributed by atoms with Crippen LogP contribution in [0.5, 0.6) is 0 Å². The van der Waals surface area contributed by atoms with Crippen LogP contribution in [0.1, 0.15) is 30.6 Å². The van der Waals surface area contributed by atoms with E-state index in [1.54, 1.807) is 37.3 Å². The highest BCUT2D eigenvalue weighted by molar-refractivity contribution is 8.01. The van der Waals surface area contributed by atoms with Gasteiger partial charge in [-0.05, 0) is 56.3 Å². The van der Waals surface area contributed by atoms with Gasteiger partial charge in [-0.15, -0.1) is 11.8 Å². The fourth-order valence-electron chi connectivity index (χ4n) is 2.74. The zero-order valence-electron chi connectivity index (χ0n) is 15.9. The van der Waals surface area contributed by atoms with E-state index in [-0.39, 0.29) is 34.0 Å². The second kappa shape index (κ2) is 8.38. The van der Waals surface area contributed by atoms with Crippen LogP contribution in [0, 0.1) is 0 Å². The van der Waals surface area contributed by atoms with Crippen molar-refractivity contribution in [3.8, 4) is 0 Å². The van der Waals surface area contributed by atoms with Crippen LogP contribution in [0.4, 0.5) is 11.4 Å². The smallest absolute Gasteiger partial charge is 0.237 e. The minimum absolute atomic E-state index is 0.0605. The van der Waals surface area contributed by atoms with Gasteiger partial charge in [0.05, 0.1) is 21.6 Å². The molecule has 3 rings (SSSR count). The lowest BCUT2D eigenvalue weighted by atomic mass is 10.1. The minimum Gasteiger partial charge on any atom is -0.326 e. The zero-order valence-corrected chi connectivity index (χ0v) is 17.5. The predicted molar refractivity (Wildman–Crippen MR) is 112 cm³/mol. The molecule has 2 aromatic rings. The van der Waals surface area contributed by atoms with Gasteiger partial charge in [0.2, 0.25) is 11.8 Å². The second-order valence-electron chi connectivity index (χ2n) is 6.66. The number of carbonyl (C=O) groups excluding carboxylic acids is 3. The third-order valence-corrected chi connectivity index (χ3v) is 7.31. The van der Waals surface area contributed by atoms with Crippen LogP contribution in [-0.4, -0.2) is 37.0 Å². The SMILES string of the molecule is CC(=O)c1ccc(NC(=O)CCS(=O)(=O)c2ccc3c(c2)NC(=O)[C@@H](C)S3)cc1. The lowest BCUT2D eigenvalue weighted by Gasteiger charge is -2.21. The summed E-state index contributed by atoms with van der Waals surface area (Å²) in [5.74, 6) is -1.06. The van der Waals surface area contributed by atoms with Crippen LogP contribution in [-0.2, 0) is 19.4 Å². The molecule has 0 bridgehead atoms. The molecule has 29 heavy (non-hydrogen) atoms. The Morgan fingerprint density at radius 1 is 1.14 bits per heavy atom. The number of ketones is 1. The minimum atomic E-state index is -3.70. The number of sulfone groups is 1. The van der Waals surface area contributed by atoms with Crippen LogP contribution in [0.25, 0.3) is 0 Å². The molecule has 1 atom stereocenters. The van der Waals surface area contributed by atoms with E-state index in [0.717, 1.165) is 4.90 Å². The summed E-state index contributed by atoms with van der Waals surface area (Å²) in [5, 5.41) is 5.08. The van der Waals surface area contributed by atoms with Gasteiger partial charge in [0.1, 0.15) is 0 Å². The van der Waals surface area contributed by atoms with E-state index in [1.807, 2.05) is 0 Å². The Hall–Kier alpha value is -2.65. The highest BCUT2D eigenvalue weighted by Gasteiger charge is 2.25. The molecule has 152 valence electrons. The van der Waals surface area contributed by atoms with Crippen LogP contribution >= 0.6 is 11.8 Å². The molecule has 1 heterocycles. The highest BCUT2D eigenvalue weighted by atomic mass is 32.2. The number of anilines is 2. The van der Waals surface area contributed by atoms with Crippen molar-refractivity contribution in [2.75, 3.05) is 16.4 Å². The van der Waals surface area contributed by atoms with Crippen molar-refractivity contribution >= 4 is 50.6 Å². The van der Waals surface area contributed by atoms with Gasteiger partial charge < -0.3 is 10.6 Å². The summed E-state index contributed by atoms with van der Waals surface area (Å²) in [5.41, 5.74) is 1.48. The molecule has 1 aliphatic heterocycles. The molecule has 0 saturated carbocycles. The van der Waals surface area contributed by atoms with Gasteiger partial charge in [-0.25, -0.2) is 8.42 Å². The van der Waals surface area contributed by atoms with E-state index < -0.39 is 15.7 Å². The largest absolute Gasteiger partial charge is 0.326 e. The van der Waals surface area contributed by atoms with E-state index in [4.69, 9.17) is 0 Å². The molecular formula is C20H20N2O5S2. The summed E-state index contributed by atoms with van der Waals surface area (Å²) in [6, 6.07) is 11.0. The topological polar surface area (TPSA) is 109 Å². The second-order valence-corrected chi connectivity index (χ2v) is 10.1. The Morgan fingerprint density at radius 2 is 1.83 bits per heavy atom. The van der Waals surface area contributed by atoms with Crippen molar-refractivity contribution in [3.05, 3.63) is 48.0 Å². The van der Waals surface area contributed by atoms with Gasteiger partial charge in [-0.2, -0.15) is 0 Å². The number of hydrogen-bond donors (Lipinski definition) is 2. The molecule has 1 aliphatic rings.